The molecule has 0 aliphatic heterocycles. The van der Waals surface area contributed by atoms with Crippen molar-refractivity contribution < 1.29 is 19.0 Å². The fraction of sp³-hybridized carbons (Fsp3) is 0.278. The van der Waals surface area contributed by atoms with Crippen molar-refractivity contribution in [2.75, 3.05) is 12.4 Å². The minimum absolute atomic E-state index is 0.186. The predicted molar refractivity (Wildman–Crippen MR) is 87.0 cm³/mol. The van der Waals surface area contributed by atoms with Crippen LogP contribution in [0.2, 0.25) is 0 Å². The molecule has 122 valence electrons. The van der Waals surface area contributed by atoms with Crippen LogP contribution in [-0.4, -0.2) is 18.1 Å². The summed E-state index contributed by atoms with van der Waals surface area (Å²) in [6.07, 6.45) is 0. The SMILES string of the molecule is COc1ccc(NC(=O)C(C)(C)c2ccc(F)cc2)cc1CO. The lowest BCUT2D eigenvalue weighted by molar-refractivity contribution is -0.120. The molecule has 0 radical (unpaired) electrons. The Kier molecular flexibility index (Phi) is 5.01. The number of ether oxygens (including phenoxy) is 1. The van der Waals surface area contributed by atoms with Gasteiger partial charge in [-0.15, -0.1) is 0 Å². The maximum atomic E-state index is 13.0. The Morgan fingerprint density at radius 3 is 2.43 bits per heavy atom. The molecule has 2 aromatic carbocycles. The highest BCUT2D eigenvalue weighted by Crippen LogP contribution is 2.27. The van der Waals surface area contributed by atoms with Gasteiger partial charge in [0.05, 0.1) is 19.1 Å². The van der Waals surface area contributed by atoms with Crippen molar-refractivity contribution in [1.29, 1.82) is 0 Å². The van der Waals surface area contributed by atoms with Crippen molar-refractivity contribution in [3.05, 3.63) is 59.4 Å². The van der Waals surface area contributed by atoms with Gasteiger partial charge < -0.3 is 15.2 Å². The summed E-state index contributed by atoms with van der Waals surface area (Å²) in [6.45, 7) is 3.35. The van der Waals surface area contributed by atoms with Gasteiger partial charge in [-0.2, -0.15) is 0 Å². The number of hydrogen-bond acceptors (Lipinski definition) is 3. The number of nitrogens with one attached hydrogen (secondary N) is 1. The summed E-state index contributed by atoms with van der Waals surface area (Å²) in [4.78, 5) is 12.6. The molecule has 0 bridgehead atoms. The van der Waals surface area contributed by atoms with Gasteiger partial charge in [-0.1, -0.05) is 12.1 Å². The average molecular weight is 317 g/mol. The van der Waals surface area contributed by atoms with Gasteiger partial charge in [-0.3, -0.25) is 4.79 Å². The number of hydrogen-bond donors (Lipinski definition) is 2. The van der Waals surface area contributed by atoms with E-state index < -0.39 is 5.41 Å². The first-order valence-corrected chi connectivity index (χ1v) is 7.23. The van der Waals surface area contributed by atoms with E-state index in [1.165, 1.54) is 19.2 Å². The predicted octanol–water partition coefficient (Wildman–Crippen LogP) is 3.24. The Labute approximate surface area is 134 Å². The Morgan fingerprint density at radius 2 is 1.87 bits per heavy atom. The lowest BCUT2D eigenvalue weighted by atomic mass is 9.83. The van der Waals surface area contributed by atoms with Crippen molar-refractivity contribution in [3.63, 3.8) is 0 Å². The van der Waals surface area contributed by atoms with Gasteiger partial charge in [-0.25, -0.2) is 4.39 Å². The van der Waals surface area contributed by atoms with Crippen molar-refractivity contribution in [3.8, 4) is 5.75 Å². The van der Waals surface area contributed by atoms with Crippen LogP contribution in [0.15, 0.2) is 42.5 Å². The maximum Gasteiger partial charge on any atom is 0.234 e. The van der Waals surface area contributed by atoms with E-state index in [0.29, 0.717) is 22.6 Å². The molecule has 0 unspecified atom stereocenters. The van der Waals surface area contributed by atoms with E-state index in [-0.39, 0.29) is 18.3 Å². The van der Waals surface area contributed by atoms with Gasteiger partial charge in [0, 0.05) is 11.3 Å². The van der Waals surface area contributed by atoms with Gasteiger partial charge in [0.25, 0.3) is 0 Å². The number of carbonyl (C=O) groups is 1. The maximum absolute atomic E-state index is 13.0. The van der Waals surface area contributed by atoms with E-state index in [0.717, 1.165) is 0 Å². The van der Waals surface area contributed by atoms with E-state index in [4.69, 9.17) is 4.74 Å². The summed E-state index contributed by atoms with van der Waals surface area (Å²) in [7, 11) is 1.52. The second-order valence-electron chi connectivity index (χ2n) is 5.77. The van der Waals surface area contributed by atoms with Gasteiger partial charge in [0.15, 0.2) is 0 Å². The van der Waals surface area contributed by atoms with Gasteiger partial charge >= 0.3 is 0 Å². The third-order valence-electron chi connectivity index (χ3n) is 3.84. The van der Waals surface area contributed by atoms with Crippen LogP contribution < -0.4 is 10.1 Å². The Bertz CT molecular complexity index is 696. The molecule has 5 heteroatoms. The van der Waals surface area contributed by atoms with E-state index in [1.807, 2.05) is 0 Å². The normalized spacial score (nSPS) is 11.2. The molecule has 0 heterocycles. The highest BCUT2D eigenvalue weighted by Gasteiger charge is 2.30. The number of amides is 1. The standard InChI is InChI=1S/C18H20FNO3/c1-18(2,13-4-6-14(19)7-5-13)17(22)20-15-8-9-16(23-3)12(10-15)11-21/h4-10,21H,11H2,1-3H3,(H,20,22). The monoisotopic (exact) mass is 317 g/mol. The zero-order valence-corrected chi connectivity index (χ0v) is 13.4. The van der Waals surface area contributed by atoms with Crippen LogP contribution in [0.5, 0.6) is 5.75 Å². The second kappa shape index (κ2) is 6.79. The number of benzene rings is 2. The number of carbonyl (C=O) groups excluding carboxylic acids is 1. The first kappa shape index (κ1) is 17.0. The summed E-state index contributed by atoms with van der Waals surface area (Å²) >= 11 is 0. The molecule has 2 N–H and O–H groups in total. The number of anilines is 1. The van der Waals surface area contributed by atoms with Crippen molar-refractivity contribution in [2.45, 2.75) is 25.9 Å². The summed E-state index contributed by atoms with van der Waals surface area (Å²) in [5.74, 6) is -0.00541. The average Bonchev–Trinajstić information content (AvgIpc) is 2.55. The fourth-order valence-corrected chi connectivity index (χ4v) is 2.26. The van der Waals surface area contributed by atoms with Crippen LogP contribution in [0.4, 0.5) is 10.1 Å². The minimum atomic E-state index is -0.826. The van der Waals surface area contributed by atoms with Crippen molar-refractivity contribution in [1.82, 2.24) is 0 Å². The number of rotatable bonds is 5. The molecule has 0 aromatic heterocycles. The summed E-state index contributed by atoms with van der Waals surface area (Å²) in [5.41, 5.74) is 1.04. The molecule has 0 aliphatic carbocycles. The van der Waals surface area contributed by atoms with E-state index >= 15 is 0 Å². The molecule has 0 saturated heterocycles. The van der Waals surface area contributed by atoms with Gasteiger partial charge in [-0.05, 0) is 49.7 Å². The number of aliphatic hydroxyl groups excluding tert-OH is 1. The molecule has 0 saturated carbocycles. The van der Waals surface area contributed by atoms with Crippen LogP contribution in [0, 0.1) is 5.82 Å². The van der Waals surface area contributed by atoms with Crippen LogP contribution in [0.1, 0.15) is 25.0 Å². The summed E-state index contributed by atoms with van der Waals surface area (Å²) in [6, 6.07) is 10.9. The topological polar surface area (TPSA) is 58.6 Å². The second-order valence-corrected chi connectivity index (χ2v) is 5.77. The summed E-state index contributed by atoms with van der Waals surface area (Å²) < 4.78 is 18.2. The lowest BCUT2D eigenvalue weighted by Crippen LogP contribution is -2.34. The van der Waals surface area contributed by atoms with Gasteiger partial charge in [0.2, 0.25) is 5.91 Å². The van der Waals surface area contributed by atoms with Crippen molar-refractivity contribution in [2.24, 2.45) is 0 Å². The molecule has 2 aromatic rings. The number of halogens is 1. The Morgan fingerprint density at radius 1 is 1.22 bits per heavy atom. The molecule has 0 atom stereocenters. The van der Waals surface area contributed by atoms with Crippen LogP contribution in [0.25, 0.3) is 0 Å². The van der Waals surface area contributed by atoms with Crippen LogP contribution >= 0.6 is 0 Å². The molecule has 1 amide bonds. The molecule has 4 nitrogen and oxygen atoms in total. The fourth-order valence-electron chi connectivity index (χ4n) is 2.26. The third kappa shape index (κ3) is 3.68. The van der Waals surface area contributed by atoms with E-state index in [1.54, 1.807) is 44.2 Å². The molecule has 23 heavy (non-hydrogen) atoms. The largest absolute Gasteiger partial charge is 0.496 e. The highest BCUT2D eigenvalue weighted by molar-refractivity contribution is 5.98. The lowest BCUT2D eigenvalue weighted by Gasteiger charge is -2.24. The van der Waals surface area contributed by atoms with E-state index in [2.05, 4.69) is 5.32 Å². The molecule has 2 rings (SSSR count). The molecule has 0 aliphatic rings. The Hall–Kier alpha value is -2.40. The first-order chi connectivity index (χ1) is 10.9. The quantitative estimate of drug-likeness (QED) is 0.890. The zero-order chi connectivity index (χ0) is 17.0. The third-order valence-corrected chi connectivity index (χ3v) is 3.84. The molecular formula is C18H20FNO3. The summed E-state index contributed by atoms with van der Waals surface area (Å²) in [5, 5.41) is 12.2. The van der Waals surface area contributed by atoms with Crippen LogP contribution in [0.3, 0.4) is 0 Å². The minimum Gasteiger partial charge on any atom is -0.496 e. The van der Waals surface area contributed by atoms with Crippen molar-refractivity contribution >= 4 is 11.6 Å². The van der Waals surface area contributed by atoms with Crippen LogP contribution in [-0.2, 0) is 16.8 Å². The highest BCUT2D eigenvalue weighted by atomic mass is 19.1. The Balaban J connectivity index is 2.22. The number of aliphatic hydroxyl groups is 1. The smallest absolute Gasteiger partial charge is 0.234 e. The number of methoxy groups -OCH3 is 1. The molecular weight excluding hydrogens is 297 g/mol. The first-order valence-electron chi connectivity index (χ1n) is 7.23. The van der Waals surface area contributed by atoms with E-state index in [9.17, 15) is 14.3 Å². The zero-order valence-electron chi connectivity index (χ0n) is 13.4. The molecule has 0 fully saturated rings. The molecule has 0 spiro atoms. The van der Waals surface area contributed by atoms with Gasteiger partial charge in [0.1, 0.15) is 11.6 Å².